The molecule has 1 amide bonds. The van der Waals surface area contributed by atoms with Gasteiger partial charge in [-0.15, -0.1) is 0 Å². The van der Waals surface area contributed by atoms with Crippen molar-refractivity contribution in [1.82, 2.24) is 19.4 Å². The Morgan fingerprint density at radius 2 is 2.14 bits per heavy atom. The molecule has 0 aliphatic heterocycles. The smallest absolute Gasteiger partial charge is 0.329 e. The lowest BCUT2D eigenvalue weighted by molar-refractivity contribution is 0.0479. The summed E-state index contributed by atoms with van der Waals surface area (Å²) in [6.45, 7) is 1.43. The number of pyridine rings is 1. The number of carbonyl (C=O) groups is 1. The average Bonchev–Trinajstić information content (AvgIpc) is 3.51. The van der Waals surface area contributed by atoms with Gasteiger partial charge in [0.05, 0.1) is 24.1 Å². The van der Waals surface area contributed by atoms with Crippen LogP contribution in [0, 0.1) is 0 Å². The van der Waals surface area contributed by atoms with Crippen LogP contribution in [0.1, 0.15) is 48.2 Å². The van der Waals surface area contributed by atoms with Crippen LogP contribution < -0.4 is 11.2 Å². The topological polar surface area (TPSA) is 97.3 Å². The molecule has 29 heavy (non-hydrogen) atoms. The van der Waals surface area contributed by atoms with Crippen LogP contribution >= 0.6 is 0 Å². The maximum atomic E-state index is 13.2. The molecule has 0 unspecified atom stereocenters. The Bertz CT molecular complexity index is 1010. The number of nitrogens with one attached hydrogen (secondary N) is 1. The van der Waals surface area contributed by atoms with Gasteiger partial charge in [0, 0.05) is 31.8 Å². The molecule has 3 rings (SSSR count). The molecule has 0 saturated heterocycles. The summed E-state index contributed by atoms with van der Waals surface area (Å²) in [5, 5.41) is -0.0517. The third-order valence-electron chi connectivity index (χ3n) is 4.85. The number of aromatic nitrogens is 3. The van der Waals surface area contributed by atoms with Crippen molar-refractivity contribution in [3.63, 3.8) is 0 Å². The first-order valence-corrected chi connectivity index (χ1v) is 9.61. The average molecular weight is 410 g/mol. The minimum absolute atomic E-state index is 0.0141. The number of methoxy groups -OCH3 is 1. The lowest BCUT2D eigenvalue weighted by Gasteiger charge is -2.23. The number of nitrogens with zero attached hydrogens (tertiary/aromatic N) is 3. The SMILES string of the molecule is CCCn1c(=O)[nH]c(=O)c2c(C(=O)N(CCOC)CC(F)F)cc(C3CC3)nc21. The van der Waals surface area contributed by atoms with Gasteiger partial charge in [-0.05, 0) is 25.3 Å². The molecule has 8 nitrogen and oxygen atoms in total. The van der Waals surface area contributed by atoms with Gasteiger partial charge in [0.25, 0.3) is 17.9 Å². The Balaban J connectivity index is 2.22. The van der Waals surface area contributed by atoms with Crippen LogP contribution in [-0.2, 0) is 11.3 Å². The second-order valence-corrected chi connectivity index (χ2v) is 7.11. The number of fused-ring (bicyclic) bond motifs is 1. The number of rotatable bonds is 9. The fourth-order valence-electron chi connectivity index (χ4n) is 3.30. The number of alkyl halides is 2. The van der Waals surface area contributed by atoms with E-state index in [4.69, 9.17) is 4.74 Å². The monoisotopic (exact) mass is 410 g/mol. The Labute approximate surface area is 165 Å². The van der Waals surface area contributed by atoms with Gasteiger partial charge in [-0.25, -0.2) is 18.6 Å². The predicted octanol–water partition coefficient (Wildman–Crippen LogP) is 1.73. The van der Waals surface area contributed by atoms with E-state index in [9.17, 15) is 23.2 Å². The molecule has 10 heteroatoms. The fourth-order valence-corrected chi connectivity index (χ4v) is 3.30. The Morgan fingerprint density at radius 3 is 2.72 bits per heavy atom. The molecule has 0 aromatic carbocycles. The van der Waals surface area contributed by atoms with Crippen LogP contribution in [0.5, 0.6) is 0 Å². The van der Waals surface area contributed by atoms with Crippen LogP contribution in [-0.4, -0.2) is 58.6 Å². The second-order valence-electron chi connectivity index (χ2n) is 7.11. The molecule has 158 valence electrons. The van der Waals surface area contributed by atoms with Gasteiger partial charge in [0.1, 0.15) is 0 Å². The third kappa shape index (κ3) is 4.52. The molecule has 0 spiro atoms. The molecule has 2 aromatic rings. The number of hydrogen-bond acceptors (Lipinski definition) is 5. The maximum Gasteiger partial charge on any atom is 0.329 e. The van der Waals surface area contributed by atoms with E-state index in [2.05, 4.69) is 9.97 Å². The van der Waals surface area contributed by atoms with E-state index in [1.807, 2.05) is 6.92 Å². The van der Waals surface area contributed by atoms with Crippen LogP contribution in [0.3, 0.4) is 0 Å². The molecule has 1 fully saturated rings. The van der Waals surface area contributed by atoms with Crippen LogP contribution in [0.15, 0.2) is 15.7 Å². The van der Waals surface area contributed by atoms with Gasteiger partial charge >= 0.3 is 5.69 Å². The number of ether oxygens (including phenoxy) is 1. The van der Waals surface area contributed by atoms with Crippen LogP contribution in [0.2, 0.25) is 0 Å². The van der Waals surface area contributed by atoms with E-state index in [1.165, 1.54) is 17.7 Å². The van der Waals surface area contributed by atoms with E-state index < -0.39 is 30.1 Å². The minimum atomic E-state index is -2.73. The Kier molecular flexibility index (Phi) is 6.41. The first-order chi connectivity index (χ1) is 13.9. The minimum Gasteiger partial charge on any atom is -0.383 e. The number of amides is 1. The van der Waals surface area contributed by atoms with Crippen molar-refractivity contribution in [3.05, 3.63) is 38.2 Å². The summed E-state index contributed by atoms with van der Waals surface area (Å²) in [7, 11) is 1.41. The largest absolute Gasteiger partial charge is 0.383 e. The summed E-state index contributed by atoms with van der Waals surface area (Å²) >= 11 is 0. The molecular weight excluding hydrogens is 386 g/mol. The molecule has 0 bridgehead atoms. The summed E-state index contributed by atoms with van der Waals surface area (Å²) in [6, 6.07) is 1.50. The summed E-state index contributed by atoms with van der Waals surface area (Å²) in [6.07, 6.45) is -0.344. The second kappa shape index (κ2) is 8.81. The molecule has 2 aromatic heterocycles. The highest BCUT2D eigenvalue weighted by Gasteiger charge is 2.30. The number of hydrogen-bond donors (Lipinski definition) is 1. The van der Waals surface area contributed by atoms with Crippen molar-refractivity contribution in [2.75, 3.05) is 26.8 Å². The Morgan fingerprint density at radius 1 is 1.41 bits per heavy atom. The summed E-state index contributed by atoms with van der Waals surface area (Å²) in [5.74, 6) is -0.568. The third-order valence-corrected chi connectivity index (χ3v) is 4.85. The number of halogens is 2. The maximum absolute atomic E-state index is 13.2. The van der Waals surface area contributed by atoms with E-state index in [1.54, 1.807) is 0 Å². The molecule has 2 heterocycles. The zero-order chi connectivity index (χ0) is 21.1. The zero-order valence-electron chi connectivity index (χ0n) is 16.4. The van der Waals surface area contributed by atoms with Crippen molar-refractivity contribution >= 4 is 16.9 Å². The van der Waals surface area contributed by atoms with Crippen molar-refractivity contribution in [3.8, 4) is 0 Å². The van der Waals surface area contributed by atoms with E-state index in [0.717, 1.165) is 17.7 Å². The van der Waals surface area contributed by atoms with Gasteiger partial charge in [0.2, 0.25) is 0 Å². The highest BCUT2D eigenvalue weighted by molar-refractivity contribution is 6.05. The van der Waals surface area contributed by atoms with Gasteiger partial charge in [-0.2, -0.15) is 0 Å². The fraction of sp³-hybridized carbons (Fsp3) is 0.579. The molecule has 1 aliphatic rings. The predicted molar refractivity (Wildman–Crippen MR) is 103 cm³/mol. The normalized spacial score (nSPS) is 14.0. The zero-order valence-corrected chi connectivity index (χ0v) is 16.4. The van der Waals surface area contributed by atoms with Crippen LogP contribution in [0.25, 0.3) is 11.0 Å². The summed E-state index contributed by atoms with van der Waals surface area (Å²) < 4.78 is 32.4. The van der Waals surface area contributed by atoms with Gasteiger partial charge in [-0.3, -0.25) is 19.1 Å². The standard InChI is InChI=1S/C19H24F2N4O4/c1-3-6-25-16-15(17(26)23-19(25)28)12(9-13(22-16)11-4-5-11)18(27)24(7-8-29-2)10-14(20)21/h9,11,14H,3-8,10H2,1-2H3,(H,23,26,28). The van der Waals surface area contributed by atoms with Crippen molar-refractivity contribution < 1.29 is 18.3 Å². The lowest BCUT2D eigenvalue weighted by atomic mass is 10.1. The van der Waals surface area contributed by atoms with E-state index >= 15 is 0 Å². The van der Waals surface area contributed by atoms with Gasteiger partial charge in [-0.1, -0.05) is 6.92 Å². The highest BCUT2D eigenvalue weighted by Crippen LogP contribution is 2.40. The summed E-state index contributed by atoms with van der Waals surface area (Å²) in [4.78, 5) is 45.7. The first-order valence-electron chi connectivity index (χ1n) is 9.61. The number of carbonyl (C=O) groups excluding carboxylic acids is 1. The van der Waals surface area contributed by atoms with Gasteiger partial charge < -0.3 is 9.64 Å². The molecule has 1 saturated carbocycles. The van der Waals surface area contributed by atoms with E-state index in [0.29, 0.717) is 18.7 Å². The molecule has 1 aliphatic carbocycles. The van der Waals surface area contributed by atoms with Crippen molar-refractivity contribution in [1.29, 1.82) is 0 Å². The lowest BCUT2D eigenvalue weighted by Crippen LogP contribution is -2.39. The van der Waals surface area contributed by atoms with E-state index in [-0.39, 0.29) is 35.7 Å². The van der Waals surface area contributed by atoms with Crippen molar-refractivity contribution in [2.45, 2.75) is 45.1 Å². The molecule has 0 radical (unpaired) electrons. The van der Waals surface area contributed by atoms with Crippen molar-refractivity contribution in [2.24, 2.45) is 0 Å². The Hall–Kier alpha value is -2.62. The summed E-state index contributed by atoms with van der Waals surface area (Å²) in [5.41, 5.74) is -0.650. The quantitative estimate of drug-likeness (QED) is 0.679. The molecule has 0 atom stereocenters. The number of aromatic amines is 1. The molecular formula is C19H24F2N4O4. The van der Waals surface area contributed by atoms with Gasteiger partial charge in [0.15, 0.2) is 5.65 Å². The first kappa shape index (κ1) is 21.1. The van der Waals surface area contributed by atoms with Crippen LogP contribution in [0.4, 0.5) is 8.78 Å². The number of H-pyrrole nitrogens is 1. The molecule has 1 N–H and O–H groups in total. The highest BCUT2D eigenvalue weighted by atomic mass is 19.3. The number of aryl methyl sites for hydroxylation is 1.